The maximum Gasteiger partial charge on any atom is 0.104 e. The van der Waals surface area contributed by atoms with Crippen LogP contribution in [0.4, 0.5) is 0 Å². The van der Waals surface area contributed by atoms with Gasteiger partial charge in [0.15, 0.2) is 0 Å². The van der Waals surface area contributed by atoms with Gasteiger partial charge in [-0.2, -0.15) is 5.53 Å². The Bertz CT molecular complexity index is 200. The molecular formula is C11H23N3OS. The van der Waals surface area contributed by atoms with Crippen LogP contribution in [-0.2, 0) is 4.74 Å². The molecule has 0 amide bonds. The number of unbranched alkanes of at least 4 members (excludes halogenated alkanes) is 5. The van der Waals surface area contributed by atoms with E-state index >= 15 is 0 Å². The molecule has 1 aliphatic heterocycles. The zero-order valence-electron chi connectivity index (χ0n) is 10.1. The fraction of sp³-hybridized carbons (Fsp3) is 0.818. The van der Waals surface area contributed by atoms with Crippen LogP contribution in [-0.4, -0.2) is 12.5 Å². The molecule has 1 rings (SSSR count). The Labute approximate surface area is 103 Å². The van der Waals surface area contributed by atoms with Crippen molar-refractivity contribution in [3.8, 4) is 0 Å². The third-order valence-electron chi connectivity index (χ3n) is 2.40. The van der Waals surface area contributed by atoms with Crippen molar-refractivity contribution < 1.29 is 4.74 Å². The summed E-state index contributed by atoms with van der Waals surface area (Å²) < 4.78 is 5.53. The van der Waals surface area contributed by atoms with E-state index in [4.69, 9.17) is 4.74 Å². The van der Waals surface area contributed by atoms with Crippen LogP contribution in [0.5, 0.6) is 0 Å². The second-order valence-corrected chi connectivity index (χ2v) is 4.81. The highest BCUT2D eigenvalue weighted by Crippen LogP contribution is 2.12. The van der Waals surface area contributed by atoms with Gasteiger partial charge >= 0.3 is 0 Å². The van der Waals surface area contributed by atoms with Gasteiger partial charge in [-0.3, -0.25) is 5.43 Å². The van der Waals surface area contributed by atoms with Crippen molar-refractivity contribution in [2.45, 2.75) is 45.4 Å². The molecule has 0 unspecified atom stereocenters. The zero-order chi connectivity index (χ0) is 11.5. The summed E-state index contributed by atoms with van der Waals surface area (Å²) in [6.45, 7) is 3.13. The van der Waals surface area contributed by atoms with Gasteiger partial charge in [0.1, 0.15) is 5.03 Å². The van der Waals surface area contributed by atoms with Gasteiger partial charge in [-0.05, 0) is 6.42 Å². The third-order valence-corrected chi connectivity index (χ3v) is 3.22. The van der Waals surface area contributed by atoms with Gasteiger partial charge in [-0.1, -0.05) is 50.8 Å². The molecule has 5 heteroatoms. The lowest BCUT2D eigenvalue weighted by atomic mass is 10.1. The zero-order valence-corrected chi connectivity index (χ0v) is 10.9. The van der Waals surface area contributed by atoms with Crippen LogP contribution in [0.3, 0.4) is 0 Å². The predicted octanol–water partition coefficient (Wildman–Crippen LogP) is 2.47. The molecule has 0 fully saturated rings. The molecule has 0 atom stereocenters. The van der Waals surface area contributed by atoms with Gasteiger partial charge in [0, 0.05) is 12.8 Å². The first kappa shape index (κ1) is 13.7. The highest BCUT2D eigenvalue weighted by atomic mass is 32.2. The maximum absolute atomic E-state index is 5.53. The van der Waals surface area contributed by atoms with Crippen LogP contribution < -0.4 is 16.4 Å². The lowest BCUT2D eigenvalue weighted by molar-refractivity contribution is 0.177. The van der Waals surface area contributed by atoms with Crippen molar-refractivity contribution in [2.75, 3.05) is 12.5 Å². The molecule has 1 heterocycles. The maximum atomic E-state index is 5.53. The number of nitrogens with one attached hydrogen (secondary N) is 3. The van der Waals surface area contributed by atoms with Gasteiger partial charge < -0.3 is 10.2 Å². The number of hydrazine groups is 2. The van der Waals surface area contributed by atoms with Crippen molar-refractivity contribution in [1.29, 1.82) is 0 Å². The summed E-state index contributed by atoms with van der Waals surface area (Å²) in [6, 6.07) is 0. The Morgan fingerprint density at radius 1 is 1.19 bits per heavy atom. The Kier molecular flexibility index (Phi) is 8.38. The Morgan fingerprint density at radius 2 is 2.00 bits per heavy atom. The Balaban J connectivity index is 1.74. The molecule has 0 radical (unpaired) electrons. The summed E-state index contributed by atoms with van der Waals surface area (Å²) in [5, 5.41) is 1.07. The van der Waals surface area contributed by atoms with E-state index in [0.29, 0.717) is 0 Å². The Morgan fingerprint density at radius 3 is 2.75 bits per heavy atom. The molecule has 0 aliphatic carbocycles. The topological polar surface area (TPSA) is 45.3 Å². The SMILES string of the molecule is CCCCCCCCOCSC1=CNNN1. The van der Waals surface area contributed by atoms with E-state index in [1.807, 2.05) is 6.20 Å². The fourth-order valence-corrected chi connectivity index (χ4v) is 2.06. The fourth-order valence-electron chi connectivity index (χ4n) is 1.46. The number of rotatable bonds is 10. The number of hydrogen-bond acceptors (Lipinski definition) is 5. The lowest BCUT2D eigenvalue weighted by Gasteiger charge is -2.04. The lowest BCUT2D eigenvalue weighted by Crippen LogP contribution is -2.31. The van der Waals surface area contributed by atoms with Crippen LogP contribution in [0, 0.1) is 0 Å². The van der Waals surface area contributed by atoms with Crippen molar-refractivity contribution in [2.24, 2.45) is 0 Å². The Hall–Kier alpha value is -0.390. The largest absolute Gasteiger partial charge is 0.370 e. The van der Waals surface area contributed by atoms with Crippen LogP contribution in [0.1, 0.15) is 45.4 Å². The summed E-state index contributed by atoms with van der Waals surface area (Å²) in [6.07, 6.45) is 9.79. The predicted molar refractivity (Wildman–Crippen MR) is 69.3 cm³/mol. The molecule has 1 aliphatic rings. The molecule has 0 aromatic carbocycles. The van der Waals surface area contributed by atoms with E-state index in [9.17, 15) is 0 Å². The minimum absolute atomic E-state index is 0.719. The summed E-state index contributed by atoms with van der Waals surface area (Å²) in [5.41, 5.74) is 8.60. The van der Waals surface area contributed by atoms with E-state index in [-0.39, 0.29) is 0 Å². The normalized spacial score (nSPS) is 14.4. The second-order valence-electron chi connectivity index (χ2n) is 3.84. The average Bonchev–Trinajstić information content (AvgIpc) is 2.80. The summed E-state index contributed by atoms with van der Waals surface area (Å²) in [7, 11) is 0. The van der Waals surface area contributed by atoms with Crippen molar-refractivity contribution in [3.63, 3.8) is 0 Å². The van der Waals surface area contributed by atoms with E-state index in [0.717, 1.165) is 17.6 Å². The monoisotopic (exact) mass is 245 g/mol. The number of thioether (sulfide) groups is 1. The molecule has 0 aromatic heterocycles. The molecular weight excluding hydrogens is 222 g/mol. The highest BCUT2D eigenvalue weighted by molar-refractivity contribution is 8.02. The van der Waals surface area contributed by atoms with Crippen LogP contribution in [0.25, 0.3) is 0 Å². The molecule has 16 heavy (non-hydrogen) atoms. The molecule has 0 saturated heterocycles. The van der Waals surface area contributed by atoms with E-state index < -0.39 is 0 Å². The molecule has 0 aromatic rings. The molecule has 4 nitrogen and oxygen atoms in total. The smallest absolute Gasteiger partial charge is 0.104 e. The second kappa shape index (κ2) is 9.81. The van der Waals surface area contributed by atoms with Crippen LogP contribution in [0.2, 0.25) is 0 Å². The summed E-state index contributed by atoms with van der Waals surface area (Å²) in [5.74, 6) is 0.719. The number of hydrogen-bond donors (Lipinski definition) is 3. The quantitative estimate of drug-likeness (QED) is 0.408. The third kappa shape index (κ3) is 6.98. The van der Waals surface area contributed by atoms with Crippen molar-refractivity contribution >= 4 is 11.8 Å². The molecule has 0 spiro atoms. The first-order valence-corrected chi connectivity index (χ1v) is 7.09. The minimum atomic E-state index is 0.719. The van der Waals surface area contributed by atoms with E-state index in [1.54, 1.807) is 11.8 Å². The van der Waals surface area contributed by atoms with Gasteiger partial charge in [0.25, 0.3) is 0 Å². The van der Waals surface area contributed by atoms with E-state index in [2.05, 4.69) is 23.3 Å². The first-order chi connectivity index (χ1) is 7.93. The standard InChI is InChI=1S/C11H23N3OS/c1-2-3-4-5-6-7-8-15-10-16-11-9-12-14-13-11/h9,12-14H,2-8,10H2,1H3. The van der Waals surface area contributed by atoms with Crippen molar-refractivity contribution in [3.05, 3.63) is 11.2 Å². The van der Waals surface area contributed by atoms with E-state index in [1.165, 1.54) is 38.5 Å². The van der Waals surface area contributed by atoms with Crippen molar-refractivity contribution in [1.82, 2.24) is 16.4 Å². The van der Waals surface area contributed by atoms with Crippen LogP contribution >= 0.6 is 11.8 Å². The summed E-state index contributed by atoms with van der Waals surface area (Å²) in [4.78, 5) is 0. The van der Waals surface area contributed by atoms with Gasteiger partial charge in [0.05, 0.1) is 5.94 Å². The summed E-state index contributed by atoms with van der Waals surface area (Å²) >= 11 is 1.66. The van der Waals surface area contributed by atoms with Gasteiger partial charge in [-0.15, -0.1) is 0 Å². The molecule has 94 valence electrons. The average molecular weight is 245 g/mol. The highest BCUT2D eigenvalue weighted by Gasteiger charge is 2.01. The van der Waals surface area contributed by atoms with Crippen LogP contribution in [0.15, 0.2) is 11.2 Å². The molecule has 0 saturated carbocycles. The van der Waals surface area contributed by atoms with Gasteiger partial charge in [0.2, 0.25) is 0 Å². The number of ether oxygens (including phenoxy) is 1. The molecule has 3 N–H and O–H groups in total. The minimum Gasteiger partial charge on any atom is -0.370 e. The van der Waals surface area contributed by atoms with Gasteiger partial charge in [-0.25, -0.2) is 0 Å². The first-order valence-electron chi connectivity index (χ1n) is 6.10. The molecule has 0 bridgehead atoms.